The minimum atomic E-state index is -0.982. The average Bonchev–Trinajstić information content (AvgIpc) is 3.79. The van der Waals surface area contributed by atoms with Crippen LogP contribution < -0.4 is 4.90 Å². The molecule has 0 aromatic heterocycles. The first-order valence-corrected chi connectivity index (χ1v) is 27.4. The number of hydrogen-bond acceptors (Lipinski definition) is 8. The number of carboxylic acid groups (broad SMARTS) is 1. The van der Waals surface area contributed by atoms with Gasteiger partial charge < -0.3 is 29.7 Å². The summed E-state index contributed by atoms with van der Waals surface area (Å²) >= 11 is 1.75. The minimum absolute atomic E-state index is 0.128. The molecule has 8 aliphatic rings. The molecule has 0 heterocycles. The van der Waals surface area contributed by atoms with E-state index in [1.165, 1.54) is 22.4 Å². The third-order valence-corrected chi connectivity index (χ3v) is 21.1. The normalized spacial score (nSPS) is 42.3. The van der Waals surface area contributed by atoms with E-state index in [0.717, 1.165) is 90.0 Å². The van der Waals surface area contributed by atoms with Crippen LogP contribution in [0.25, 0.3) is 0 Å². The summed E-state index contributed by atoms with van der Waals surface area (Å²) in [4.78, 5) is 26.7. The molecule has 0 aliphatic heterocycles. The number of thioether (sulfide) groups is 1. The van der Waals surface area contributed by atoms with Crippen LogP contribution in [0.5, 0.6) is 0 Å². The highest BCUT2D eigenvalue weighted by Gasteiger charge is 2.67. The number of rotatable bonds is 13. The maximum absolute atomic E-state index is 12.6. The molecule has 1 aromatic carbocycles. The Kier molecular flexibility index (Phi) is 13.7. The summed E-state index contributed by atoms with van der Waals surface area (Å²) in [6.45, 7) is 14.6. The van der Waals surface area contributed by atoms with E-state index in [4.69, 9.17) is 9.47 Å². The molecule has 8 aliphatic carbocycles. The first-order valence-electron chi connectivity index (χ1n) is 26.0. The molecule has 362 valence electrons. The zero-order valence-corrected chi connectivity index (χ0v) is 42.3. The first-order chi connectivity index (χ1) is 31.5. The van der Waals surface area contributed by atoms with Gasteiger partial charge in [-0.15, -0.1) is 17.7 Å². The Morgan fingerprint density at radius 3 is 2.45 bits per heavy atom. The van der Waals surface area contributed by atoms with E-state index in [-0.39, 0.29) is 52.0 Å². The quantitative estimate of drug-likeness (QED) is 0.131. The Hall–Kier alpha value is -2.61. The number of fused-ring (bicyclic) bond motifs is 9. The highest BCUT2D eigenvalue weighted by molar-refractivity contribution is 7.98. The van der Waals surface area contributed by atoms with Crippen LogP contribution in [0.2, 0.25) is 0 Å². The van der Waals surface area contributed by atoms with Gasteiger partial charge >= 0.3 is 5.97 Å². The average molecular weight is 924 g/mol. The number of carbonyl (C=O) groups excluding carboxylic acids is 1. The summed E-state index contributed by atoms with van der Waals surface area (Å²) in [5.41, 5.74) is 5.34. The number of anilines is 1. The van der Waals surface area contributed by atoms with E-state index in [9.17, 15) is 24.9 Å². The number of ether oxygens (including phenoxy) is 2. The highest BCUT2D eigenvalue weighted by Crippen LogP contribution is 2.70. The van der Waals surface area contributed by atoms with Crippen molar-refractivity contribution < 1.29 is 34.4 Å². The lowest BCUT2D eigenvalue weighted by Crippen LogP contribution is -2.62. The fourth-order valence-electron chi connectivity index (χ4n) is 17.2. The van der Waals surface area contributed by atoms with Crippen molar-refractivity contribution in [2.24, 2.45) is 69.5 Å². The number of carboxylic acids is 1. The molecule has 66 heavy (non-hydrogen) atoms. The van der Waals surface area contributed by atoms with E-state index in [2.05, 4.69) is 82.0 Å². The SMILES string of the molecule is CC#C[C@]1(O)CC[C@H]2[C@@H]3CCC4=CC(=O)CCC4=C3[C@@H](c3ccc(N(C)CCO[C@H]4CC[C@@]5(C)[C@@H](C4)C[C@@H](OCSC)[C@@H]4[C@@H]5C[C@H](O)[C@]5(C)[C@@H]([C@H](C)CC(C)C(=O)O)CC[C@@H]45)cc3)C[C@@]21C. The lowest BCUT2D eigenvalue weighted by molar-refractivity contribution is -0.215. The number of likely N-dealkylation sites (N-methyl/N-ethyl adjacent to an activating group) is 1. The Bertz CT molecular complexity index is 2120. The van der Waals surface area contributed by atoms with Gasteiger partial charge in [-0.25, -0.2) is 0 Å². The van der Waals surface area contributed by atoms with Gasteiger partial charge in [-0.05, 0) is 196 Å². The molecule has 1 aromatic rings. The molecule has 17 atom stereocenters. The molecule has 0 amide bonds. The van der Waals surface area contributed by atoms with Crippen molar-refractivity contribution in [2.75, 3.05) is 37.3 Å². The number of carbonyl (C=O) groups is 2. The van der Waals surface area contributed by atoms with Crippen molar-refractivity contribution in [2.45, 2.75) is 168 Å². The van der Waals surface area contributed by atoms with Crippen molar-refractivity contribution in [3.05, 3.63) is 52.6 Å². The lowest BCUT2D eigenvalue weighted by Gasteiger charge is -2.64. The standard InChI is InChI=1S/C57H81NO7S/c1-9-22-57(63)24-21-46-43-16-12-37-28-40(59)15-17-42(37)51(43)44(32-55(46,57)5)36-10-13-39(14-11-36)58(7)25-26-64-41-20-23-54(4)38(29-41)30-49(65-33-66-8)52-47-19-18-45(34(2)27-35(3)53(61)62)56(47,6)50(60)31-48(52)54/h10-11,13-14,28,34-35,38,41,43-50,52,60,63H,12,15-21,23-27,29-33H2,1-8H3,(H,61,62)/t34-,35?,38+,41+,43+,44-,45-,46+,47+,48+,49-,50+,52+,54+,55+,56-,57+/m1/s1. The Morgan fingerprint density at radius 2 is 1.73 bits per heavy atom. The summed E-state index contributed by atoms with van der Waals surface area (Å²) in [6.07, 6.45) is 17.9. The van der Waals surface area contributed by atoms with Gasteiger partial charge in [-0.1, -0.05) is 58.2 Å². The van der Waals surface area contributed by atoms with Crippen molar-refractivity contribution in [1.29, 1.82) is 0 Å². The molecular formula is C57H81NO7S. The van der Waals surface area contributed by atoms with E-state index >= 15 is 0 Å². The Labute approximate surface area is 400 Å². The van der Waals surface area contributed by atoms with Gasteiger partial charge in [0.15, 0.2) is 5.78 Å². The van der Waals surface area contributed by atoms with Crippen molar-refractivity contribution in [3.8, 4) is 11.8 Å². The second-order valence-electron chi connectivity index (χ2n) is 23.6. The zero-order chi connectivity index (χ0) is 46.9. The lowest BCUT2D eigenvalue weighted by atomic mass is 9.43. The zero-order valence-electron chi connectivity index (χ0n) is 41.5. The van der Waals surface area contributed by atoms with Gasteiger partial charge in [0.2, 0.25) is 0 Å². The van der Waals surface area contributed by atoms with Crippen molar-refractivity contribution in [1.82, 2.24) is 0 Å². The molecule has 0 bridgehead atoms. The molecule has 8 nitrogen and oxygen atoms in total. The second kappa shape index (κ2) is 18.6. The molecule has 6 fully saturated rings. The number of aliphatic hydroxyl groups excluding tert-OH is 1. The third-order valence-electron chi connectivity index (χ3n) is 20.8. The molecule has 0 saturated heterocycles. The number of benzene rings is 1. The van der Waals surface area contributed by atoms with Crippen LogP contribution in [-0.4, -0.2) is 83.4 Å². The summed E-state index contributed by atoms with van der Waals surface area (Å²) in [6, 6.07) is 9.19. The number of hydrogen-bond donors (Lipinski definition) is 3. The fourth-order valence-corrected chi connectivity index (χ4v) is 17.5. The van der Waals surface area contributed by atoms with Gasteiger partial charge in [-0.3, -0.25) is 9.59 Å². The first kappa shape index (κ1) is 48.4. The van der Waals surface area contributed by atoms with Gasteiger partial charge in [0.05, 0.1) is 36.8 Å². The molecule has 9 heteroatoms. The number of aliphatic carboxylic acids is 1. The van der Waals surface area contributed by atoms with Crippen LogP contribution in [0, 0.1) is 81.3 Å². The number of ketones is 1. The molecule has 3 N–H and O–H groups in total. The van der Waals surface area contributed by atoms with Crippen LogP contribution in [0.1, 0.15) is 149 Å². The van der Waals surface area contributed by atoms with Gasteiger partial charge in [0, 0.05) is 37.0 Å². The van der Waals surface area contributed by atoms with E-state index in [1.807, 2.05) is 19.9 Å². The topological polar surface area (TPSA) is 117 Å². The molecule has 9 rings (SSSR count). The molecular weight excluding hydrogens is 843 g/mol. The summed E-state index contributed by atoms with van der Waals surface area (Å²) in [5, 5.41) is 34.1. The van der Waals surface area contributed by atoms with Crippen LogP contribution in [0.15, 0.2) is 47.1 Å². The van der Waals surface area contributed by atoms with Crippen LogP contribution >= 0.6 is 11.8 Å². The predicted molar refractivity (Wildman–Crippen MR) is 264 cm³/mol. The molecule has 0 radical (unpaired) electrons. The maximum atomic E-state index is 12.6. The molecule has 0 spiro atoms. The monoisotopic (exact) mass is 924 g/mol. The third kappa shape index (κ3) is 8.09. The number of aliphatic hydroxyl groups is 2. The summed E-state index contributed by atoms with van der Waals surface area (Å²) < 4.78 is 13.6. The van der Waals surface area contributed by atoms with Gasteiger partial charge in [0.25, 0.3) is 0 Å². The number of nitrogens with zero attached hydrogens (tertiary/aromatic N) is 1. The van der Waals surface area contributed by atoms with Gasteiger partial charge in [-0.2, -0.15) is 0 Å². The Balaban J connectivity index is 0.860. The van der Waals surface area contributed by atoms with E-state index in [0.29, 0.717) is 66.8 Å². The smallest absolute Gasteiger partial charge is 0.306 e. The van der Waals surface area contributed by atoms with E-state index in [1.54, 1.807) is 17.3 Å². The van der Waals surface area contributed by atoms with Crippen LogP contribution in [0.3, 0.4) is 0 Å². The largest absolute Gasteiger partial charge is 0.481 e. The highest BCUT2D eigenvalue weighted by atomic mass is 32.2. The fraction of sp³-hybridized carbons (Fsp3) is 0.754. The summed E-state index contributed by atoms with van der Waals surface area (Å²) in [5.74, 6) is 9.45. The maximum Gasteiger partial charge on any atom is 0.306 e. The second-order valence-corrected chi connectivity index (χ2v) is 24.5. The van der Waals surface area contributed by atoms with E-state index < -0.39 is 17.7 Å². The molecule has 1 unspecified atom stereocenters. The van der Waals surface area contributed by atoms with Crippen molar-refractivity contribution >= 4 is 29.2 Å². The van der Waals surface area contributed by atoms with Crippen molar-refractivity contribution in [3.63, 3.8) is 0 Å². The van der Waals surface area contributed by atoms with Crippen LogP contribution in [-0.2, 0) is 19.1 Å². The molecule has 6 saturated carbocycles. The van der Waals surface area contributed by atoms with Crippen LogP contribution in [0.4, 0.5) is 5.69 Å². The Morgan fingerprint density at radius 1 is 0.955 bits per heavy atom. The minimum Gasteiger partial charge on any atom is -0.481 e. The summed E-state index contributed by atoms with van der Waals surface area (Å²) in [7, 11) is 2.17. The number of allylic oxidation sites excluding steroid dienone is 4. The predicted octanol–water partition coefficient (Wildman–Crippen LogP) is 10.9. The van der Waals surface area contributed by atoms with Gasteiger partial charge in [0.1, 0.15) is 5.60 Å².